The Labute approximate surface area is 169 Å². The number of likely N-dealkylation sites (tertiary alicyclic amines) is 1. The fourth-order valence-corrected chi connectivity index (χ4v) is 3.35. The molecule has 1 saturated heterocycles. The predicted molar refractivity (Wildman–Crippen MR) is 104 cm³/mol. The molecule has 0 atom stereocenters. The summed E-state index contributed by atoms with van der Waals surface area (Å²) >= 11 is 0. The lowest BCUT2D eigenvalue weighted by atomic mass is 9.96. The van der Waals surface area contributed by atoms with E-state index in [1.54, 1.807) is 16.7 Å². The van der Waals surface area contributed by atoms with E-state index in [9.17, 15) is 22.8 Å². The zero-order chi connectivity index (χ0) is 21.6. The number of hydrogen-bond acceptors (Lipinski definition) is 3. The molecule has 1 heterocycles. The summed E-state index contributed by atoms with van der Waals surface area (Å²) in [5.41, 5.74) is -0.843. The van der Waals surface area contributed by atoms with E-state index in [0.717, 1.165) is 12.1 Å². The lowest BCUT2D eigenvalue weighted by molar-refractivity contribution is -0.137. The van der Waals surface area contributed by atoms with Gasteiger partial charge in [-0.15, -0.1) is 0 Å². The van der Waals surface area contributed by atoms with Crippen molar-refractivity contribution < 1.29 is 27.5 Å². The van der Waals surface area contributed by atoms with Crippen molar-refractivity contribution in [1.82, 2.24) is 9.80 Å². The Bertz CT molecular complexity index is 713. The highest BCUT2D eigenvalue weighted by molar-refractivity contribution is 5.94. The Morgan fingerprint density at radius 1 is 1.17 bits per heavy atom. The Morgan fingerprint density at radius 2 is 1.79 bits per heavy atom. The van der Waals surface area contributed by atoms with Crippen molar-refractivity contribution in [3.8, 4) is 5.75 Å². The van der Waals surface area contributed by atoms with Gasteiger partial charge in [-0.3, -0.25) is 4.79 Å². The molecule has 1 aliphatic rings. The molecule has 3 amide bonds. The Morgan fingerprint density at radius 3 is 2.31 bits per heavy atom. The number of nitrogens with zero attached hydrogens (tertiary/aromatic N) is 2. The van der Waals surface area contributed by atoms with Crippen LogP contribution in [0, 0.1) is 5.92 Å². The number of hydrogen-bond donors (Lipinski definition) is 1. The van der Waals surface area contributed by atoms with Crippen molar-refractivity contribution in [3.05, 3.63) is 23.8 Å². The van der Waals surface area contributed by atoms with E-state index in [4.69, 9.17) is 4.74 Å². The van der Waals surface area contributed by atoms with Crippen molar-refractivity contribution in [2.75, 3.05) is 38.1 Å². The fourth-order valence-electron chi connectivity index (χ4n) is 3.35. The lowest BCUT2D eigenvalue weighted by Crippen LogP contribution is -2.47. The molecule has 1 fully saturated rings. The smallest absolute Gasteiger partial charge is 0.416 e. The number of carbonyl (C=O) groups is 2. The number of amides is 3. The summed E-state index contributed by atoms with van der Waals surface area (Å²) in [5, 5.41) is 2.59. The van der Waals surface area contributed by atoms with Gasteiger partial charge in [-0.2, -0.15) is 13.2 Å². The second kappa shape index (κ2) is 9.84. The first-order chi connectivity index (χ1) is 13.7. The van der Waals surface area contributed by atoms with Crippen LogP contribution in [0.15, 0.2) is 18.2 Å². The number of piperidine rings is 1. The molecule has 1 N–H and O–H groups in total. The average Bonchev–Trinajstić information content (AvgIpc) is 2.69. The third-order valence-corrected chi connectivity index (χ3v) is 5.03. The molecule has 0 unspecified atom stereocenters. The molecule has 0 aromatic heterocycles. The molecule has 6 nitrogen and oxygen atoms in total. The van der Waals surface area contributed by atoms with E-state index >= 15 is 0 Å². The number of ether oxygens (including phenoxy) is 1. The maximum absolute atomic E-state index is 13.0. The van der Waals surface area contributed by atoms with Crippen LogP contribution in [-0.4, -0.2) is 54.5 Å². The summed E-state index contributed by atoms with van der Waals surface area (Å²) in [6.45, 7) is 7.91. The normalized spacial score (nSPS) is 15.2. The molecule has 0 saturated carbocycles. The summed E-state index contributed by atoms with van der Waals surface area (Å²) in [5.74, 6) is -0.539. The van der Waals surface area contributed by atoms with Crippen LogP contribution in [0.4, 0.5) is 23.7 Å². The predicted octanol–water partition coefficient (Wildman–Crippen LogP) is 4.22. The zero-order valence-corrected chi connectivity index (χ0v) is 17.0. The van der Waals surface area contributed by atoms with Crippen LogP contribution in [0.5, 0.6) is 5.75 Å². The van der Waals surface area contributed by atoms with Crippen molar-refractivity contribution in [3.63, 3.8) is 0 Å². The molecule has 1 aliphatic heterocycles. The minimum Gasteiger partial charge on any atom is -0.492 e. The minimum absolute atomic E-state index is 0.00771. The van der Waals surface area contributed by atoms with Gasteiger partial charge in [-0.1, -0.05) is 0 Å². The Kier molecular flexibility index (Phi) is 7.75. The zero-order valence-electron chi connectivity index (χ0n) is 17.0. The van der Waals surface area contributed by atoms with Crippen LogP contribution >= 0.6 is 0 Å². The van der Waals surface area contributed by atoms with Gasteiger partial charge in [0.2, 0.25) is 5.91 Å². The van der Waals surface area contributed by atoms with E-state index in [-0.39, 0.29) is 35.9 Å². The highest BCUT2D eigenvalue weighted by atomic mass is 19.4. The Hall–Kier alpha value is -2.45. The number of nitrogens with one attached hydrogen (secondary N) is 1. The quantitative estimate of drug-likeness (QED) is 0.757. The first kappa shape index (κ1) is 22.8. The van der Waals surface area contributed by atoms with Gasteiger partial charge in [0.15, 0.2) is 0 Å². The first-order valence-electron chi connectivity index (χ1n) is 9.89. The molecule has 1 aromatic rings. The van der Waals surface area contributed by atoms with E-state index in [1.807, 2.05) is 13.8 Å². The number of urea groups is 1. The van der Waals surface area contributed by atoms with E-state index in [0.29, 0.717) is 39.0 Å². The van der Waals surface area contributed by atoms with E-state index in [2.05, 4.69) is 5.32 Å². The van der Waals surface area contributed by atoms with Gasteiger partial charge in [0.1, 0.15) is 5.75 Å². The van der Waals surface area contributed by atoms with Gasteiger partial charge >= 0.3 is 12.2 Å². The monoisotopic (exact) mass is 415 g/mol. The molecule has 29 heavy (non-hydrogen) atoms. The molecule has 1 aromatic carbocycles. The number of carbonyl (C=O) groups excluding carboxylic acids is 2. The van der Waals surface area contributed by atoms with E-state index < -0.39 is 11.7 Å². The van der Waals surface area contributed by atoms with Crippen LogP contribution in [0.1, 0.15) is 39.2 Å². The standard InChI is InChI=1S/C20H28F3N3O3/c1-4-25(5-2)19(28)26-11-9-14(10-12-26)18(27)24-16-13-15(20(21,22)23)7-8-17(16)29-6-3/h7-8,13-14H,4-6,9-12H2,1-3H3,(H,24,27). The summed E-state index contributed by atoms with van der Waals surface area (Å²) in [7, 11) is 0. The number of anilines is 1. The van der Waals surface area contributed by atoms with Crippen LogP contribution in [-0.2, 0) is 11.0 Å². The average molecular weight is 415 g/mol. The second-order valence-electron chi connectivity index (χ2n) is 6.85. The molecule has 0 bridgehead atoms. The van der Waals surface area contributed by atoms with Crippen molar-refractivity contribution >= 4 is 17.6 Å². The number of benzene rings is 1. The van der Waals surface area contributed by atoms with Crippen LogP contribution in [0.25, 0.3) is 0 Å². The van der Waals surface area contributed by atoms with Crippen LogP contribution in [0.3, 0.4) is 0 Å². The molecule has 0 spiro atoms. The largest absolute Gasteiger partial charge is 0.492 e. The van der Waals surface area contributed by atoms with Gasteiger partial charge < -0.3 is 19.9 Å². The molecule has 0 radical (unpaired) electrons. The van der Waals surface area contributed by atoms with Gasteiger partial charge in [0.25, 0.3) is 0 Å². The SMILES string of the molecule is CCOc1ccc(C(F)(F)F)cc1NC(=O)C1CCN(C(=O)N(CC)CC)CC1. The molecular weight excluding hydrogens is 387 g/mol. The van der Waals surface area contributed by atoms with Gasteiger partial charge in [-0.25, -0.2) is 4.79 Å². The summed E-state index contributed by atoms with van der Waals surface area (Å²) in [6.07, 6.45) is -3.59. The van der Waals surface area contributed by atoms with Crippen LogP contribution in [0.2, 0.25) is 0 Å². The third-order valence-electron chi connectivity index (χ3n) is 5.03. The fraction of sp³-hybridized carbons (Fsp3) is 0.600. The van der Waals surface area contributed by atoms with Crippen molar-refractivity contribution in [2.45, 2.75) is 39.8 Å². The summed E-state index contributed by atoms with van der Waals surface area (Å²) < 4.78 is 44.4. The molecule has 162 valence electrons. The maximum Gasteiger partial charge on any atom is 0.416 e. The second-order valence-corrected chi connectivity index (χ2v) is 6.85. The molecule has 2 rings (SSSR count). The van der Waals surface area contributed by atoms with Crippen LogP contribution < -0.4 is 10.1 Å². The van der Waals surface area contributed by atoms with Crippen molar-refractivity contribution in [2.24, 2.45) is 5.92 Å². The van der Waals surface area contributed by atoms with Gasteiger partial charge in [0.05, 0.1) is 17.9 Å². The number of rotatable bonds is 6. The topological polar surface area (TPSA) is 61.9 Å². The first-order valence-corrected chi connectivity index (χ1v) is 9.89. The van der Waals surface area contributed by atoms with Crippen molar-refractivity contribution in [1.29, 1.82) is 0 Å². The highest BCUT2D eigenvalue weighted by Gasteiger charge is 2.33. The third kappa shape index (κ3) is 5.77. The molecule has 9 heteroatoms. The molecule has 0 aliphatic carbocycles. The number of alkyl halides is 3. The highest BCUT2D eigenvalue weighted by Crippen LogP contribution is 2.35. The lowest BCUT2D eigenvalue weighted by Gasteiger charge is -2.34. The van der Waals surface area contributed by atoms with E-state index in [1.165, 1.54) is 6.07 Å². The number of halogens is 3. The maximum atomic E-state index is 13.0. The summed E-state index contributed by atoms with van der Waals surface area (Å²) in [6, 6.07) is 2.98. The van der Waals surface area contributed by atoms with Gasteiger partial charge in [-0.05, 0) is 51.8 Å². The Balaban J connectivity index is 2.05. The summed E-state index contributed by atoms with van der Waals surface area (Å²) in [4.78, 5) is 28.5. The molecular formula is C20H28F3N3O3. The van der Waals surface area contributed by atoms with Gasteiger partial charge in [0, 0.05) is 32.1 Å². The minimum atomic E-state index is -4.51.